The van der Waals surface area contributed by atoms with E-state index in [1.54, 1.807) is 48.5 Å². The van der Waals surface area contributed by atoms with Crippen LogP contribution in [0.5, 0.6) is 11.5 Å². The van der Waals surface area contributed by atoms with Gasteiger partial charge in [-0.15, -0.1) is 0 Å². The van der Waals surface area contributed by atoms with Crippen molar-refractivity contribution in [2.45, 2.75) is 12.8 Å². The van der Waals surface area contributed by atoms with Gasteiger partial charge in [-0.25, -0.2) is 0 Å². The number of carboxylic acids is 2. The van der Waals surface area contributed by atoms with Crippen LogP contribution < -0.4 is 19.7 Å². The van der Waals surface area contributed by atoms with Crippen molar-refractivity contribution in [1.82, 2.24) is 0 Å². The van der Waals surface area contributed by atoms with Crippen molar-refractivity contribution in [2.24, 2.45) is 5.41 Å². The van der Waals surface area contributed by atoms with Crippen LogP contribution in [-0.2, 0) is 22.4 Å². The van der Waals surface area contributed by atoms with Gasteiger partial charge in [0.15, 0.2) is 0 Å². The molecule has 0 fully saturated rings. The number of aliphatic carboxylic acids is 2. The molecule has 0 aromatic heterocycles. The van der Waals surface area contributed by atoms with E-state index in [2.05, 4.69) is 0 Å². The average Bonchev–Trinajstić information content (AvgIpc) is 2.62. The van der Waals surface area contributed by atoms with Crippen molar-refractivity contribution in [3.63, 3.8) is 0 Å². The van der Waals surface area contributed by atoms with Gasteiger partial charge < -0.3 is 29.3 Å². The first-order chi connectivity index (χ1) is 11.9. The van der Waals surface area contributed by atoms with Crippen LogP contribution in [0.25, 0.3) is 0 Å². The lowest BCUT2D eigenvalue weighted by Gasteiger charge is -2.36. The standard InChI is InChI=1S/C19H20O6/c1-24-15-7-3-13(4-8-15)11-19(17(20)21,18(22)23)12-14-5-9-16(25-2)10-6-14/h3-10H,11-12H2,1-2H3,(H,20,21)(H,22,23)/p-2. The summed E-state index contributed by atoms with van der Waals surface area (Å²) in [5.74, 6) is -2.18. The second-order valence-corrected chi connectivity index (χ2v) is 5.71. The largest absolute Gasteiger partial charge is 0.549 e. The highest BCUT2D eigenvalue weighted by Gasteiger charge is 2.34. The molecule has 0 unspecified atom stereocenters. The molecule has 0 saturated carbocycles. The first kappa shape index (κ1) is 18.3. The number of hydrogen-bond acceptors (Lipinski definition) is 6. The van der Waals surface area contributed by atoms with E-state index < -0.39 is 17.4 Å². The second kappa shape index (κ2) is 7.70. The van der Waals surface area contributed by atoms with E-state index in [9.17, 15) is 19.8 Å². The van der Waals surface area contributed by atoms with Crippen LogP contribution in [-0.4, -0.2) is 26.2 Å². The molecule has 2 rings (SSSR count). The summed E-state index contributed by atoms with van der Waals surface area (Å²) in [6.07, 6.45) is -0.513. The van der Waals surface area contributed by atoms with Crippen LogP contribution in [0.1, 0.15) is 11.1 Å². The first-order valence-electron chi connectivity index (χ1n) is 7.60. The second-order valence-electron chi connectivity index (χ2n) is 5.71. The maximum Gasteiger partial charge on any atom is 0.118 e. The highest BCUT2D eigenvalue weighted by atomic mass is 16.5. The summed E-state index contributed by atoms with van der Waals surface area (Å²) in [6.45, 7) is 0. The van der Waals surface area contributed by atoms with Gasteiger partial charge in [-0.2, -0.15) is 0 Å². The number of benzene rings is 2. The number of carbonyl (C=O) groups excluding carboxylic acids is 2. The van der Waals surface area contributed by atoms with Crippen molar-refractivity contribution < 1.29 is 29.3 Å². The van der Waals surface area contributed by atoms with Crippen LogP contribution in [0.3, 0.4) is 0 Å². The van der Waals surface area contributed by atoms with Crippen LogP contribution >= 0.6 is 0 Å². The minimum atomic E-state index is -2.18. The molecule has 6 heteroatoms. The summed E-state index contributed by atoms with van der Waals surface area (Å²) >= 11 is 0. The van der Waals surface area contributed by atoms with Gasteiger partial charge in [-0.05, 0) is 48.2 Å². The summed E-state index contributed by atoms with van der Waals surface area (Å²) in [6, 6.07) is 13.0. The summed E-state index contributed by atoms with van der Waals surface area (Å²) in [5, 5.41) is 23.5. The predicted molar refractivity (Wildman–Crippen MR) is 85.8 cm³/mol. The van der Waals surface area contributed by atoms with E-state index >= 15 is 0 Å². The van der Waals surface area contributed by atoms with Gasteiger partial charge in [-0.1, -0.05) is 24.3 Å². The fourth-order valence-electron chi connectivity index (χ4n) is 2.62. The van der Waals surface area contributed by atoms with E-state index in [4.69, 9.17) is 9.47 Å². The minimum Gasteiger partial charge on any atom is -0.549 e. The lowest BCUT2D eigenvalue weighted by atomic mass is 9.76. The molecule has 132 valence electrons. The van der Waals surface area contributed by atoms with Crippen molar-refractivity contribution >= 4 is 11.9 Å². The fourth-order valence-corrected chi connectivity index (χ4v) is 2.62. The number of carboxylic acid groups (broad SMARTS) is 2. The quantitative estimate of drug-likeness (QED) is 0.625. The minimum absolute atomic E-state index is 0.256. The summed E-state index contributed by atoms with van der Waals surface area (Å²) < 4.78 is 10.1. The molecule has 0 bridgehead atoms. The molecule has 0 N–H and O–H groups in total. The molecule has 0 atom stereocenters. The van der Waals surface area contributed by atoms with Gasteiger partial charge in [0.05, 0.1) is 31.6 Å². The van der Waals surface area contributed by atoms with Crippen LogP contribution in [0, 0.1) is 5.41 Å². The fraction of sp³-hybridized carbons (Fsp3) is 0.263. The third kappa shape index (κ3) is 4.09. The van der Waals surface area contributed by atoms with Gasteiger partial charge in [0.1, 0.15) is 11.5 Å². The van der Waals surface area contributed by atoms with E-state index in [0.717, 1.165) is 0 Å². The van der Waals surface area contributed by atoms with E-state index in [1.807, 2.05) is 0 Å². The molecule has 0 radical (unpaired) electrons. The number of ether oxygens (including phenoxy) is 2. The van der Waals surface area contributed by atoms with Crippen molar-refractivity contribution in [1.29, 1.82) is 0 Å². The lowest BCUT2D eigenvalue weighted by molar-refractivity contribution is -0.343. The van der Waals surface area contributed by atoms with Gasteiger partial charge in [0.2, 0.25) is 0 Å². The highest BCUT2D eigenvalue weighted by Crippen LogP contribution is 2.29. The smallest absolute Gasteiger partial charge is 0.118 e. The van der Waals surface area contributed by atoms with Gasteiger partial charge in [0, 0.05) is 0 Å². The Morgan fingerprint density at radius 1 is 0.760 bits per heavy atom. The first-order valence-corrected chi connectivity index (χ1v) is 7.60. The Bertz CT molecular complexity index is 668. The normalized spacial score (nSPS) is 11.0. The van der Waals surface area contributed by atoms with Crippen LogP contribution in [0.2, 0.25) is 0 Å². The van der Waals surface area contributed by atoms with Crippen LogP contribution in [0.15, 0.2) is 48.5 Å². The zero-order valence-electron chi connectivity index (χ0n) is 14.0. The molecular formula is C19H18O6-2. The zero-order chi connectivity index (χ0) is 18.4. The number of methoxy groups -OCH3 is 2. The maximum atomic E-state index is 11.7. The molecule has 0 heterocycles. The SMILES string of the molecule is COc1ccc(CC(Cc2ccc(OC)cc2)(C(=O)[O-])C(=O)[O-])cc1. The molecule has 0 amide bonds. The zero-order valence-corrected chi connectivity index (χ0v) is 14.0. The van der Waals surface area contributed by atoms with E-state index in [0.29, 0.717) is 22.6 Å². The van der Waals surface area contributed by atoms with Crippen LogP contribution in [0.4, 0.5) is 0 Å². The Morgan fingerprint density at radius 3 is 1.32 bits per heavy atom. The van der Waals surface area contributed by atoms with Gasteiger partial charge in [0.25, 0.3) is 0 Å². The molecule has 0 aliphatic heterocycles. The average molecular weight is 342 g/mol. The van der Waals surface area contributed by atoms with E-state index in [-0.39, 0.29) is 12.8 Å². The van der Waals surface area contributed by atoms with Crippen molar-refractivity contribution in [3.8, 4) is 11.5 Å². The molecule has 25 heavy (non-hydrogen) atoms. The molecule has 2 aromatic carbocycles. The topological polar surface area (TPSA) is 98.7 Å². The van der Waals surface area contributed by atoms with Crippen molar-refractivity contribution in [2.75, 3.05) is 14.2 Å². The Hall–Kier alpha value is -3.02. The monoisotopic (exact) mass is 342 g/mol. The Kier molecular flexibility index (Phi) is 5.64. The van der Waals surface area contributed by atoms with Gasteiger partial charge in [-0.3, -0.25) is 0 Å². The lowest BCUT2D eigenvalue weighted by Crippen LogP contribution is -2.56. The molecule has 0 spiro atoms. The number of rotatable bonds is 8. The third-order valence-corrected chi connectivity index (χ3v) is 4.11. The van der Waals surface area contributed by atoms with Crippen molar-refractivity contribution in [3.05, 3.63) is 59.7 Å². The molecule has 0 aliphatic rings. The maximum absolute atomic E-state index is 11.7. The summed E-state index contributed by atoms with van der Waals surface area (Å²) in [7, 11) is 3.01. The molecular weight excluding hydrogens is 324 g/mol. The Balaban J connectivity index is 2.34. The summed E-state index contributed by atoms with van der Waals surface area (Å²) in [5.41, 5.74) is -1.12. The molecule has 0 saturated heterocycles. The Morgan fingerprint density at radius 2 is 1.08 bits per heavy atom. The Labute approximate surface area is 145 Å². The van der Waals surface area contributed by atoms with Gasteiger partial charge >= 0.3 is 0 Å². The molecule has 0 aliphatic carbocycles. The highest BCUT2D eigenvalue weighted by molar-refractivity contribution is 5.97. The van der Waals surface area contributed by atoms with E-state index in [1.165, 1.54) is 14.2 Å². The summed E-state index contributed by atoms with van der Waals surface area (Å²) in [4.78, 5) is 23.5. The number of carbonyl (C=O) groups is 2. The molecule has 2 aromatic rings. The third-order valence-electron chi connectivity index (χ3n) is 4.11. The predicted octanol–water partition coefficient (Wildman–Crippen LogP) is -0.0248. The number of hydrogen-bond donors (Lipinski definition) is 0. The molecule has 6 nitrogen and oxygen atoms in total.